The molecule has 1 aromatic rings. The van der Waals surface area contributed by atoms with Crippen molar-refractivity contribution in [2.24, 2.45) is 5.92 Å². The minimum atomic E-state index is -2.52. The van der Waals surface area contributed by atoms with E-state index < -0.39 is 6.43 Å². The topological polar surface area (TPSA) is 37.8 Å². The summed E-state index contributed by atoms with van der Waals surface area (Å²) in [6.45, 7) is 3.08. The highest BCUT2D eigenvalue weighted by molar-refractivity contribution is 5.19. The molecule has 0 saturated heterocycles. The zero-order chi connectivity index (χ0) is 12.3. The Labute approximate surface area is 99.7 Å². The molecule has 1 fully saturated rings. The van der Waals surface area contributed by atoms with Crippen molar-refractivity contribution in [2.45, 2.75) is 39.2 Å². The molecule has 0 spiro atoms. The van der Waals surface area contributed by atoms with E-state index >= 15 is 0 Å². The Balaban J connectivity index is 2.13. The van der Waals surface area contributed by atoms with E-state index in [1.165, 1.54) is 19.0 Å². The summed E-state index contributed by atoms with van der Waals surface area (Å²) in [6, 6.07) is 0. The zero-order valence-corrected chi connectivity index (χ0v) is 9.92. The van der Waals surface area contributed by atoms with Gasteiger partial charge in [0.25, 0.3) is 6.43 Å². The standard InChI is InChI=1S/C12H17F2N3/c1-2-15-6-9-7-16-10(5-8-3-4-8)17-11(9)12(13)14/h7-8,12,15H,2-6H2,1H3. The molecule has 0 aliphatic heterocycles. The first-order valence-electron chi connectivity index (χ1n) is 6.04. The molecule has 0 aromatic carbocycles. The second-order valence-electron chi connectivity index (χ2n) is 4.43. The maximum Gasteiger partial charge on any atom is 0.280 e. The summed E-state index contributed by atoms with van der Waals surface area (Å²) >= 11 is 0. The first-order chi connectivity index (χ1) is 8.20. The molecule has 5 heteroatoms. The van der Waals surface area contributed by atoms with Gasteiger partial charge >= 0.3 is 0 Å². The molecule has 17 heavy (non-hydrogen) atoms. The lowest BCUT2D eigenvalue weighted by Gasteiger charge is -2.09. The van der Waals surface area contributed by atoms with Crippen LogP contribution in [0.15, 0.2) is 6.20 Å². The van der Waals surface area contributed by atoms with Crippen LogP contribution < -0.4 is 5.32 Å². The molecular formula is C12H17F2N3. The fourth-order valence-corrected chi connectivity index (χ4v) is 1.72. The van der Waals surface area contributed by atoms with Crippen molar-refractivity contribution in [3.8, 4) is 0 Å². The van der Waals surface area contributed by atoms with E-state index in [2.05, 4.69) is 15.3 Å². The number of alkyl halides is 2. The molecule has 3 nitrogen and oxygen atoms in total. The van der Waals surface area contributed by atoms with Crippen molar-refractivity contribution in [3.05, 3.63) is 23.3 Å². The largest absolute Gasteiger partial charge is 0.313 e. The molecule has 0 amide bonds. The molecule has 1 aliphatic rings. The SMILES string of the molecule is CCNCc1cnc(CC2CC2)nc1C(F)F. The van der Waals surface area contributed by atoms with Gasteiger partial charge in [-0.2, -0.15) is 0 Å². The predicted molar refractivity (Wildman–Crippen MR) is 60.8 cm³/mol. The Morgan fingerprint density at radius 2 is 2.24 bits per heavy atom. The molecule has 0 unspecified atom stereocenters. The van der Waals surface area contributed by atoms with Gasteiger partial charge in [-0.15, -0.1) is 0 Å². The van der Waals surface area contributed by atoms with E-state index in [1.807, 2.05) is 6.92 Å². The van der Waals surface area contributed by atoms with Crippen LogP contribution in [0, 0.1) is 5.92 Å². The van der Waals surface area contributed by atoms with Gasteiger partial charge in [0.15, 0.2) is 0 Å². The van der Waals surface area contributed by atoms with Gasteiger partial charge < -0.3 is 5.32 Å². The number of hydrogen-bond donors (Lipinski definition) is 1. The highest BCUT2D eigenvalue weighted by Crippen LogP contribution is 2.32. The minimum absolute atomic E-state index is 0.114. The molecule has 1 aliphatic carbocycles. The highest BCUT2D eigenvalue weighted by Gasteiger charge is 2.24. The Bertz CT molecular complexity index is 378. The quantitative estimate of drug-likeness (QED) is 0.831. The van der Waals surface area contributed by atoms with E-state index in [0.717, 1.165) is 13.0 Å². The van der Waals surface area contributed by atoms with Gasteiger partial charge in [-0.3, -0.25) is 0 Å². The van der Waals surface area contributed by atoms with E-state index in [-0.39, 0.29) is 5.69 Å². The van der Waals surface area contributed by atoms with Crippen molar-refractivity contribution in [1.29, 1.82) is 0 Å². The normalized spacial score (nSPS) is 15.5. The van der Waals surface area contributed by atoms with Crippen molar-refractivity contribution < 1.29 is 8.78 Å². The van der Waals surface area contributed by atoms with E-state index in [0.29, 0.717) is 23.9 Å². The molecule has 0 radical (unpaired) electrons. The molecule has 0 bridgehead atoms. The molecule has 94 valence electrons. The van der Waals surface area contributed by atoms with Crippen LogP contribution in [0.5, 0.6) is 0 Å². The van der Waals surface area contributed by atoms with E-state index in [4.69, 9.17) is 0 Å². The van der Waals surface area contributed by atoms with Crippen molar-refractivity contribution >= 4 is 0 Å². The first-order valence-corrected chi connectivity index (χ1v) is 6.04. The number of hydrogen-bond acceptors (Lipinski definition) is 3. The smallest absolute Gasteiger partial charge is 0.280 e. The van der Waals surface area contributed by atoms with Crippen LogP contribution in [0.1, 0.15) is 43.3 Å². The average molecular weight is 241 g/mol. The Morgan fingerprint density at radius 1 is 1.47 bits per heavy atom. The maximum atomic E-state index is 12.9. The Hall–Kier alpha value is -1.10. The van der Waals surface area contributed by atoms with Gasteiger partial charge in [-0.25, -0.2) is 18.7 Å². The Morgan fingerprint density at radius 3 is 2.82 bits per heavy atom. The highest BCUT2D eigenvalue weighted by atomic mass is 19.3. The summed E-state index contributed by atoms with van der Waals surface area (Å²) in [4.78, 5) is 8.17. The molecule has 1 N–H and O–H groups in total. The number of rotatable bonds is 6. The van der Waals surface area contributed by atoms with E-state index in [1.54, 1.807) is 0 Å². The molecule has 2 rings (SSSR count). The van der Waals surface area contributed by atoms with Crippen LogP contribution in [0.4, 0.5) is 8.78 Å². The van der Waals surface area contributed by atoms with Crippen LogP contribution in [0.25, 0.3) is 0 Å². The third-order valence-electron chi connectivity index (χ3n) is 2.89. The van der Waals surface area contributed by atoms with Gasteiger partial charge in [-0.1, -0.05) is 6.92 Å². The number of nitrogens with zero attached hydrogens (tertiary/aromatic N) is 2. The number of aromatic nitrogens is 2. The molecular weight excluding hydrogens is 224 g/mol. The average Bonchev–Trinajstić information content (AvgIpc) is 3.11. The van der Waals surface area contributed by atoms with Crippen LogP contribution in [-0.2, 0) is 13.0 Å². The number of halogens is 2. The van der Waals surface area contributed by atoms with Crippen molar-refractivity contribution in [1.82, 2.24) is 15.3 Å². The summed E-state index contributed by atoms with van der Waals surface area (Å²) in [6.07, 6.45) is 2.10. The lowest BCUT2D eigenvalue weighted by atomic mass is 10.2. The fraction of sp³-hybridized carbons (Fsp3) is 0.667. The van der Waals surface area contributed by atoms with Crippen LogP contribution in [0.3, 0.4) is 0 Å². The van der Waals surface area contributed by atoms with Gasteiger partial charge in [0, 0.05) is 24.7 Å². The van der Waals surface area contributed by atoms with E-state index in [9.17, 15) is 8.78 Å². The summed E-state index contributed by atoms with van der Waals surface area (Å²) in [5.41, 5.74) is 0.387. The third kappa shape index (κ3) is 3.43. The first kappa shape index (κ1) is 12.4. The summed E-state index contributed by atoms with van der Waals surface area (Å²) in [5, 5.41) is 3.02. The van der Waals surface area contributed by atoms with Gasteiger partial charge in [0.2, 0.25) is 0 Å². The minimum Gasteiger partial charge on any atom is -0.313 e. The van der Waals surface area contributed by atoms with Crippen molar-refractivity contribution in [2.75, 3.05) is 6.54 Å². The lowest BCUT2D eigenvalue weighted by molar-refractivity contribution is 0.144. The molecule has 1 heterocycles. The van der Waals surface area contributed by atoms with Crippen LogP contribution in [-0.4, -0.2) is 16.5 Å². The van der Waals surface area contributed by atoms with Gasteiger partial charge in [0.1, 0.15) is 11.5 Å². The molecule has 1 saturated carbocycles. The fourth-order valence-electron chi connectivity index (χ4n) is 1.72. The second kappa shape index (κ2) is 5.49. The lowest BCUT2D eigenvalue weighted by Crippen LogP contribution is -2.15. The summed E-state index contributed by atoms with van der Waals surface area (Å²) < 4.78 is 25.7. The van der Waals surface area contributed by atoms with Crippen LogP contribution >= 0.6 is 0 Å². The Kier molecular flexibility index (Phi) is 3.99. The summed E-state index contributed by atoms with van der Waals surface area (Å²) in [5.74, 6) is 1.17. The second-order valence-corrected chi connectivity index (χ2v) is 4.43. The zero-order valence-electron chi connectivity index (χ0n) is 9.92. The molecule has 0 atom stereocenters. The summed E-state index contributed by atoms with van der Waals surface area (Å²) in [7, 11) is 0. The third-order valence-corrected chi connectivity index (χ3v) is 2.89. The van der Waals surface area contributed by atoms with Crippen molar-refractivity contribution in [3.63, 3.8) is 0 Å². The number of nitrogens with one attached hydrogen (secondary N) is 1. The van der Waals surface area contributed by atoms with Gasteiger partial charge in [0.05, 0.1) is 0 Å². The predicted octanol–water partition coefficient (Wildman–Crippen LogP) is 2.48. The molecule has 1 aromatic heterocycles. The van der Waals surface area contributed by atoms with Crippen LogP contribution in [0.2, 0.25) is 0 Å². The van der Waals surface area contributed by atoms with Gasteiger partial charge in [-0.05, 0) is 25.3 Å². The maximum absolute atomic E-state index is 12.9. The monoisotopic (exact) mass is 241 g/mol.